The molecule has 2 aromatic carbocycles. The van der Waals surface area contributed by atoms with Crippen molar-refractivity contribution in [2.24, 2.45) is 0 Å². The number of carbonyl (C=O) groups excluding carboxylic acids is 1. The fraction of sp³-hybridized carbons (Fsp3) is 0.458. The van der Waals surface area contributed by atoms with Crippen molar-refractivity contribution in [2.45, 2.75) is 46.3 Å². The number of rotatable bonds is 7. The molecule has 3 rings (SSSR count). The van der Waals surface area contributed by atoms with Gasteiger partial charge in [-0.15, -0.1) is 0 Å². The van der Waals surface area contributed by atoms with E-state index in [1.54, 1.807) is 6.92 Å². The van der Waals surface area contributed by atoms with E-state index >= 15 is 0 Å². The summed E-state index contributed by atoms with van der Waals surface area (Å²) in [4.78, 5) is 14.9. The molecule has 0 unspecified atom stereocenters. The van der Waals surface area contributed by atoms with E-state index < -0.39 is 6.10 Å². The number of benzene rings is 2. The minimum absolute atomic E-state index is 0.113. The van der Waals surface area contributed by atoms with Gasteiger partial charge in [-0.05, 0) is 54.7 Å². The van der Waals surface area contributed by atoms with Crippen molar-refractivity contribution in [3.63, 3.8) is 0 Å². The molecule has 0 bridgehead atoms. The number of carbonyl (C=O) groups is 1. The van der Waals surface area contributed by atoms with Gasteiger partial charge in [0.25, 0.3) is 5.91 Å². The summed E-state index contributed by atoms with van der Waals surface area (Å²) < 4.78 is 11.4. The van der Waals surface area contributed by atoms with Gasteiger partial charge in [-0.3, -0.25) is 4.79 Å². The highest BCUT2D eigenvalue weighted by atomic mass is 16.5. The van der Waals surface area contributed by atoms with Crippen molar-refractivity contribution < 1.29 is 14.3 Å². The predicted octanol–water partition coefficient (Wildman–Crippen LogP) is 4.04. The molecular formula is C24H32N2O3. The van der Waals surface area contributed by atoms with Crippen LogP contribution in [0.25, 0.3) is 0 Å². The number of morpholine rings is 1. The molecule has 0 radical (unpaired) electrons. The Bertz CT molecular complexity index is 811. The molecule has 0 saturated carbocycles. The maximum Gasteiger partial charge on any atom is 0.261 e. The Morgan fingerprint density at radius 3 is 2.45 bits per heavy atom. The normalized spacial score (nSPS) is 15.3. The summed E-state index contributed by atoms with van der Waals surface area (Å²) >= 11 is 0. The maximum atomic E-state index is 12.5. The molecule has 1 atom stereocenters. The Morgan fingerprint density at radius 2 is 1.79 bits per heavy atom. The molecule has 1 saturated heterocycles. The molecule has 0 aliphatic carbocycles. The third kappa shape index (κ3) is 5.73. The highest BCUT2D eigenvalue weighted by Crippen LogP contribution is 2.28. The van der Waals surface area contributed by atoms with E-state index in [2.05, 4.69) is 60.5 Å². The van der Waals surface area contributed by atoms with Crippen LogP contribution in [0.15, 0.2) is 42.5 Å². The van der Waals surface area contributed by atoms with Crippen LogP contribution >= 0.6 is 0 Å². The van der Waals surface area contributed by atoms with E-state index in [4.69, 9.17) is 9.47 Å². The summed E-state index contributed by atoms with van der Waals surface area (Å²) in [6.07, 6.45) is -0.554. The molecule has 1 N–H and O–H groups in total. The largest absolute Gasteiger partial charge is 0.481 e. The van der Waals surface area contributed by atoms with Crippen molar-refractivity contribution in [1.82, 2.24) is 5.32 Å². The summed E-state index contributed by atoms with van der Waals surface area (Å²) in [7, 11) is 0. The van der Waals surface area contributed by atoms with Gasteiger partial charge in [0.15, 0.2) is 6.10 Å². The Hall–Kier alpha value is -2.53. The Kier molecular flexibility index (Phi) is 7.15. The lowest BCUT2D eigenvalue weighted by atomic mass is 10.0. The first-order valence-electron chi connectivity index (χ1n) is 10.4. The van der Waals surface area contributed by atoms with E-state index in [1.165, 1.54) is 5.69 Å². The van der Waals surface area contributed by atoms with E-state index in [-0.39, 0.29) is 5.91 Å². The van der Waals surface area contributed by atoms with E-state index in [0.29, 0.717) is 12.5 Å². The van der Waals surface area contributed by atoms with Gasteiger partial charge in [-0.1, -0.05) is 38.1 Å². The van der Waals surface area contributed by atoms with Crippen LogP contribution in [-0.2, 0) is 16.1 Å². The van der Waals surface area contributed by atoms with Crippen LogP contribution < -0.4 is 15.0 Å². The molecule has 5 heteroatoms. The smallest absolute Gasteiger partial charge is 0.261 e. The van der Waals surface area contributed by atoms with E-state index in [1.807, 2.05) is 13.0 Å². The van der Waals surface area contributed by atoms with E-state index in [9.17, 15) is 4.79 Å². The second-order valence-electron chi connectivity index (χ2n) is 7.94. The zero-order valence-electron chi connectivity index (χ0n) is 17.9. The number of anilines is 1. The molecule has 1 fully saturated rings. The van der Waals surface area contributed by atoms with Crippen molar-refractivity contribution in [1.29, 1.82) is 0 Å². The molecule has 5 nitrogen and oxygen atoms in total. The van der Waals surface area contributed by atoms with Gasteiger partial charge in [0.2, 0.25) is 0 Å². The quantitative estimate of drug-likeness (QED) is 0.767. The Labute approximate surface area is 174 Å². The molecule has 0 spiro atoms. The van der Waals surface area contributed by atoms with Crippen LogP contribution in [0.1, 0.15) is 43.4 Å². The van der Waals surface area contributed by atoms with Crippen molar-refractivity contribution >= 4 is 11.6 Å². The zero-order chi connectivity index (χ0) is 20.8. The molecule has 2 aromatic rings. The number of nitrogens with one attached hydrogen (secondary N) is 1. The fourth-order valence-electron chi connectivity index (χ4n) is 3.44. The predicted molar refractivity (Wildman–Crippen MR) is 117 cm³/mol. The summed E-state index contributed by atoms with van der Waals surface area (Å²) in [6.45, 7) is 12.0. The number of aryl methyl sites for hydroxylation is 1. The number of hydrogen-bond acceptors (Lipinski definition) is 4. The second-order valence-corrected chi connectivity index (χ2v) is 7.94. The first-order valence-corrected chi connectivity index (χ1v) is 10.4. The van der Waals surface area contributed by atoms with Gasteiger partial charge in [0, 0.05) is 25.3 Å². The highest BCUT2D eigenvalue weighted by molar-refractivity contribution is 5.80. The van der Waals surface area contributed by atoms with Crippen LogP contribution in [0.2, 0.25) is 0 Å². The molecule has 29 heavy (non-hydrogen) atoms. The summed E-state index contributed by atoms with van der Waals surface area (Å²) in [5.74, 6) is 1.02. The second kappa shape index (κ2) is 9.79. The van der Waals surface area contributed by atoms with Crippen LogP contribution in [0.5, 0.6) is 5.75 Å². The minimum atomic E-state index is -0.554. The van der Waals surface area contributed by atoms with Crippen LogP contribution in [-0.4, -0.2) is 38.3 Å². The van der Waals surface area contributed by atoms with Gasteiger partial charge < -0.3 is 19.7 Å². The van der Waals surface area contributed by atoms with Crippen molar-refractivity contribution in [2.75, 3.05) is 31.2 Å². The van der Waals surface area contributed by atoms with Gasteiger partial charge in [0.05, 0.1) is 13.2 Å². The van der Waals surface area contributed by atoms with Gasteiger partial charge >= 0.3 is 0 Å². The average molecular weight is 397 g/mol. The Morgan fingerprint density at radius 1 is 1.10 bits per heavy atom. The number of ether oxygens (including phenoxy) is 2. The molecule has 1 aliphatic heterocycles. The monoisotopic (exact) mass is 396 g/mol. The molecular weight excluding hydrogens is 364 g/mol. The number of amides is 1. The zero-order valence-corrected chi connectivity index (χ0v) is 17.9. The summed E-state index contributed by atoms with van der Waals surface area (Å²) in [5, 5.41) is 2.98. The lowest BCUT2D eigenvalue weighted by Gasteiger charge is -2.28. The SMILES string of the molecule is Cc1ccc(C(C)C)c(O[C@@H](C)C(=O)NCc2ccc(N3CCOCC3)cc2)c1. The third-order valence-corrected chi connectivity index (χ3v) is 5.24. The first kappa shape index (κ1) is 21.2. The number of nitrogens with zero attached hydrogens (tertiary/aromatic N) is 1. The minimum Gasteiger partial charge on any atom is -0.481 e. The van der Waals surface area contributed by atoms with E-state index in [0.717, 1.165) is 48.7 Å². The molecule has 1 aliphatic rings. The lowest BCUT2D eigenvalue weighted by Crippen LogP contribution is -2.36. The summed E-state index contributed by atoms with van der Waals surface area (Å²) in [5.41, 5.74) is 4.51. The molecule has 156 valence electrons. The average Bonchev–Trinajstić information content (AvgIpc) is 2.73. The van der Waals surface area contributed by atoms with Crippen molar-refractivity contribution in [3.8, 4) is 5.75 Å². The number of hydrogen-bond donors (Lipinski definition) is 1. The van der Waals surface area contributed by atoms with Crippen molar-refractivity contribution in [3.05, 3.63) is 59.2 Å². The van der Waals surface area contributed by atoms with Gasteiger partial charge in [-0.25, -0.2) is 0 Å². The Balaban J connectivity index is 1.54. The fourth-order valence-corrected chi connectivity index (χ4v) is 3.44. The van der Waals surface area contributed by atoms with Crippen LogP contribution in [0.4, 0.5) is 5.69 Å². The van der Waals surface area contributed by atoms with Gasteiger partial charge in [0.1, 0.15) is 5.75 Å². The highest BCUT2D eigenvalue weighted by Gasteiger charge is 2.17. The molecule has 1 amide bonds. The van der Waals surface area contributed by atoms with Gasteiger partial charge in [-0.2, -0.15) is 0 Å². The topological polar surface area (TPSA) is 50.8 Å². The molecule has 0 aromatic heterocycles. The molecule has 1 heterocycles. The maximum absolute atomic E-state index is 12.5. The summed E-state index contributed by atoms with van der Waals surface area (Å²) in [6, 6.07) is 14.5. The first-order chi connectivity index (χ1) is 13.9. The lowest BCUT2D eigenvalue weighted by molar-refractivity contribution is -0.127. The standard InChI is InChI=1S/C24H32N2O3/c1-17(2)22-10-5-18(3)15-23(22)29-19(4)24(27)25-16-20-6-8-21(9-7-20)26-11-13-28-14-12-26/h5-10,15,17,19H,11-14,16H2,1-4H3,(H,25,27)/t19-/m0/s1. The third-order valence-electron chi connectivity index (χ3n) is 5.24. The van der Waals surface area contributed by atoms with Crippen LogP contribution in [0.3, 0.4) is 0 Å². The van der Waals surface area contributed by atoms with Crippen LogP contribution in [0, 0.1) is 6.92 Å².